The highest BCUT2D eigenvalue weighted by Crippen LogP contribution is 2.24. The van der Waals surface area contributed by atoms with E-state index in [-0.39, 0.29) is 12.1 Å². The van der Waals surface area contributed by atoms with E-state index in [2.05, 4.69) is 27.2 Å². The summed E-state index contributed by atoms with van der Waals surface area (Å²) in [5.74, 6) is 2.62. The predicted octanol–water partition coefficient (Wildman–Crippen LogP) is 2.18. The van der Waals surface area contributed by atoms with Crippen LogP contribution in [0.5, 0.6) is 0 Å². The molecule has 0 amide bonds. The summed E-state index contributed by atoms with van der Waals surface area (Å²) in [7, 11) is 1.97. The van der Waals surface area contributed by atoms with Gasteiger partial charge in [-0.25, -0.2) is 9.97 Å². The van der Waals surface area contributed by atoms with E-state index in [1.54, 1.807) is 18.7 Å². The number of nitrogens with zero attached hydrogens (tertiary/aromatic N) is 3. The number of hydrogen-bond acceptors (Lipinski definition) is 4. The van der Waals surface area contributed by atoms with E-state index in [0.717, 1.165) is 17.4 Å². The number of furan rings is 1. The molecule has 20 heavy (non-hydrogen) atoms. The molecule has 0 spiro atoms. The molecule has 6 heteroatoms. The van der Waals surface area contributed by atoms with Crippen molar-refractivity contribution < 1.29 is 4.42 Å². The quantitative estimate of drug-likeness (QED) is 0.746. The van der Waals surface area contributed by atoms with Crippen molar-refractivity contribution in [3.8, 4) is 0 Å². The first-order chi connectivity index (χ1) is 9.75. The van der Waals surface area contributed by atoms with Crippen LogP contribution in [-0.4, -0.2) is 19.5 Å². The molecule has 3 heterocycles. The molecule has 2 N–H and O–H groups in total. The number of aryl methyl sites for hydroxylation is 1. The van der Waals surface area contributed by atoms with Crippen LogP contribution in [0.3, 0.4) is 0 Å². The topological polar surface area (TPSA) is 71.7 Å². The highest BCUT2D eigenvalue weighted by atomic mass is 16.3. The highest BCUT2D eigenvalue weighted by molar-refractivity contribution is 5.16. The second-order valence-corrected chi connectivity index (χ2v) is 4.71. The van der Waals surface area contributed by atoms with Crippen molar-refractivity contribution >= 4 is 0 Å². The Balaban J connectivity index is 1.89. The summed E-state index contributed by atoms with van der Waals surface area (Å²) in [4.78, 5) is 11.8. The molecule has 0 radical (unpaired) electrons. The van der Waals surface area contributed by atoms with Gasteiger partial charge in [-0.1, -0.05) is 0 Å². The van der Waals surface area contributed by atoms with Crippen molar-refractivity contribution in [3.63, 3.8) is 0 Å². The fourth-order valence-corrected chi connectivity index (χ4v) is 2.24. The molecule has 3 aromatic heterocycles. The van der Waals surface area contributed by atoms with Crippen molar-refractivity contribution in [1.29, 1.82) is 0 Å². The van der Waals surface area contributed by atoms with Crippen LogP contribution >= 0.6 is 0 Å². The molecule has 2 unspecified atom stereocenters. The van der Waals surface area contributed by atoms with Gasteiger partial charge in [0.2, 0.25) is 0 Å². The van der Waals surface area contributed by atoms with Crippen LogP contribution in [0, 0.1) is 0 Å². The Bertz CT molecular complexity index is 641. The molecule has 0 aliphatic carbocycles. The van der Waals surface area contributed by atoms with Crippen molar-refractivity contribution in [2.45, 2.75) is 19.0 Å². The van der Waals surface area contributed by atoms with Crippen molar-refractivity contribution in [2.24, 2.45) is 7.05 Å². The summed E-state index contributed by atoms with van der Waals surface area (Å²) in [5.41, 5.74) is 0. The predicted molar refractivity (Wildman–Crippen MR) is 73.9 cm³/mol. The zero-order valence-corrected chi connectivity index (χ0v) is 11.4. The number of aromatic amines is 1. The van der Waals surface area contributed by atoms with Gasteiger partial charge in [0.1, 0.15) is 23.5 Å². The number of hydrogen-bond donors (Lipinski definition) is 2. The maximum atomic E-state index is 5.55. The second-order valence-electron chi connectivity index (χ2n) is 4.71. The molecule has 2 atom stereocenters. The first-order valence-corrected chi connectivity index (χ1v) is 6.51. The molecular formula is C14H17N5O. The third-order valence-electron chi connectivity index (χ3n) is 3.29. The van der Waals surface area contributed by atoms with Gasteiger partial charge < -0.3 is 14.0 Å². The molecule has 3 aromatic rings. The van der Waals surface area contributed by atoms with Gasteiger partial charge >= 0.3 is 0 Å². The van der Waals surface area contributed by atoms with Crippen molar-refractivity contribution in [3.05, 3.63) is 60.6 Å². The van der Waals surface area contributed by atoms with Gasteiger partial charge in [-0.15, -0.1) is 0 Å². The van der Waals surface area contributed by atoms with E-state index in [0.29, 0.717) is 0 Å². The summed E-state index contributed by atoms with van der Waals surface area (Å²) in [5, 5.41) is 3.49. The van der Waals surface area contributed by atoms with Gasteiger partial charge in [0, 0.05) is 31.8 Å². The summed E-state index contributed by atoms with van der Waals surface area (Å²) < 4.78 is 7.53. The SMILES string of the molecule is CC(NC(c1ccco1)c1nccn1C)c1ncc[nH]1. The fraction of sp³-hybridized carbons (Fsp3) is 0.286. The monoisotopic (exact) mass is 271 g/mol. The molecule has 0 saturated heterocycles. The Hall–Kier alpha value is -2.34. The molecule has 0 aromatic carbocycles. The summed E-state index contributed by atoms with van der Waals surface area (Å²) in [6.07, 6.45) is 8.94. The van der Waals surface area contributed by atoms with Gasteiger partial charge in [0.15, 0.2) is 0 Å². The second kappa shape index (κ2) is 5.34. The van der Waals surface area contributed by atoms with E-state index in [1.165, 1.54) is 0 Å². The van der Waals surface area contributed by atoms with Crippen LogP contribution in [0.25, 0.3) is 0 Å². The maximum absolute atomic E-state index is 5.55. The van der Waals surface area contributed by atoms with Gasteiger partial charge in [-0.05, 0) is 19.1 Å². The van der Waals surface area contributed by atoms with E-state index in [4.69, 9.17) is 4.42 Å². The minimum absolute atomic E-state index is 0.0526. The average Bonchev–Trinajstić information content (AvgIpc) is 3.18. The molecule has 0 bridgehead atoms. The normalized spacial score (nSPS) is 14.3. The fourth-order valence-electron chi connectivity index (χ4n) is 2.24. The van der Waals surface area contributed by atoms with Gasteiger partial charge in [0.05, 0.1) is 12.3 Å². The van der Waals surface area contributed by atoms with Crippen LogP contribution in [0.4, 0.5) is 0 Å². The third kappa shape index (κ3) is 2.37. The Morgan fingerprint density at radius 2 is 2.25 bits per heavy atom. The van der Waals surface area contributed by atoms with Crippen LogP contribution in [-0.2, 0) is 7.05 Å². The zero-order chi connectivity index (χ0) is 13.9. The minimum Gasteiger partial charge on any atom is -0.467 e. The van der Waals surface area contributed by atoms with Crippen molar-refractivity contribution in [1.82, 2.24) is 24.8 Å². The minimum atomic E-state index is -0.120. The maximum Gasteiger partial charge on any atom is 0.133 e. The van der Waals surface area contributed by atoms with Gasteiger partial charge in [-0.2, -0.15) is 0 Å². The molecule has 0 saturated carbocycles. The first-order valence-electron chi connectivity index (χ1n) is 6.51. The van der Waals surface area contributed by atoms with E-state index < -0.39 is 0 Å². The zero-order valence-electron chi connectivity index (χ0n) is 11.4. The summed E-state index contributed by atoms with van der Waals surface area (Å²) in [6, 6.07) is 3.76. The van der Waals surface area contributed by atoms with Crippen LogP contribution in [0.15, 0.2) is 47.6 Å². The number of rotatable bonds is 5. The first kappa shape index (κ1) is 12.7. The van der Waals surface area contributed by atoms with Gasteiger partial charge in [-0.3, -0.25) is 5.32 Å². The molecule has 0 fully saturated rings. The lowest BCUT2D eigenvalue weighted by molar-refractivity contribution is 0.397. The largest absolute Gasteiger partial charge is 0.467 e. The molecule has 6 nitrogen and oxygen atoms in total. The lowest BCUT2D eigenvalue weighted by Crippen LogP contribution is -2.28. The smallest absolute Gasteiger partial charge is 0.133 e. The Morgan fingerprint density at radius 3 is 2.85 bits per heavy atom. The Labute approximate surface area is 116 Å². The third-order valence-corrected chi connectivity index (χ3v) is 3.29. The number of aromatic nitrogens is 4. The summed E-state index contributed by atoms with van der Waals surface area (Å²) in [6.45, 7) is 2.05. The average molecular weight is 271 g/mol. The number of H-pyrrole nitrogens is 1. The standard InChI is InChI=1S/C14H17N5O/c1-10(13-15-5-6-16-13)18-12(11-4-3-9-20-11)14-17-7-8-19(14)2/h3-10,12,18H,1-2H3,(H,15,16). The Morgan fingerprint density at radius 1 is 1.35 bits per heavy atom. The van der Waals surface area contributed by atoms with Gasteiger partial charge in [0.25, 0.3) is 0 Å². The van der Waals surface area contributed by atoms with E-state index in [9.17, 15) is 0 Å². The number of nitrogens with one attached hydrogen (secondary N) is 2. The van der Waals surface area contributed by atoms with Crippen LogP contribution in [0.2, 0.25) is 0 Å². The van der Waals surface area contributed by atoms with Crippen LogP contribution < -0.4 is 5.32 Å². The Kier molecular flexibility index (Phi) is 3.39. The molecule has 0 aliphatic rings. The summed E-state index contributed by atoms with van der Waals surface area (Å²) >= 11 is 0. The van der Waals surface area contributed by atoms with Crippen molar-refractivity contribution in [2.75, 3.05) is 0 Å². The number of imidazole rings is 2. The highest BCUT2D eigenvalue weighted by Gasteiger charge is 2.23. The lowest BCUT2D eigenvalue weighted by Gasteiger charge is -2.20. The molecule has 0 aliphatic heterocycles. The molecular weight excluding hydrogens is 254 g/mol. The van der Waals surface area contributed by atoms with E-state index in [1.807, 2.05) is 36.1 Å². The molecule has 3 rings (SSSR count). The molecule has 104 valence electrons. The van der Waals surface area contributed by atoms with E-state index >= 15 is 0 Å². The lowest BCUT2D eigenvalue weighted by atomic mass is 10.1. The van der Waals surface area contributed by atoms with Crippen LogP contribution in [0.1, 0.15) is 36.4 Å².